The molecule has 2 aromatic rings. The first-order chi connectivity index (χ1) is 14.3. The molecule has 0 unspecified atom stereocenters. The Balaban J connectivity index is 1.55. The normalized spacial score (nSPS) is 23.9. The molecule has 2 heterocycles. The van der Waals surface area contributed by atoms with Crippen LogP contribution in [0.5, 0.6) is 0 Å². The second-order valence-electron chi connectivity index (χ2n) is 7.58. The number of rotatable bonds is 3. The zero-order valence-corrected chi connectivity index (χ0v) is 17.1. The van der Waals surface area contributed by atoms with Crippen molar-refractivity contribution >= 4 is 15.9 Å². The van der Waals surface area contributed by atoms with E-state index in [4.69, 9.17) is 0 Å². The molecule has 0 radical (unpaired) electrons. The summed E-state index contributed by atoms with van der Waals surface area (Å²) in [4.78, 5) is 14.0. The van der Waals surface area contributed by atoms with Gasteiger partial charge in [0, 0.05) is 23.6 Å². The molecule has 0 bridgehead atoms. The van der Waals surface area contributed by atoms with Gasteiger partial charge in [0.1, 0.15) is 5.82 Å². The van der Waals surface area contributed by atoms with Crippen molar-refractivity contribution in [1.29, 1.82) is 0 Å². The lowest BCUT2D eigenvalue weighted by Gasteiger charge is -2.58. The smallest absolute Gasteiger partial charge is 0.238 e. The number of aliphatic hydroxyl groups is 1. The number of sulfonamides is 1. The van der Waals surface area contributed by atoms with Gasteiger partial charge in [0.2, 0.25) is 15.9 Å². The first-order valence-corrected chi connectivity index (χ1v) is 11.4. The Bertz CT molecular complexity index is 1140. The lowest BCUT2D eigenvalue weighted by Crippen LogP contribution is -2.73. The van der Waals surface area contributed by atoms with E-state index in [1.807, 2.05) is 24.3 Å². The minimum Gasteiger partial charge on any atom is -0.394 e. The molecule has 8 heteroatoms. The second kappa shape index (κ2) is 7.84. The Kier molecular flexibility index (Phi) is 5.36. The van der Waals surface area contributed by atoms with Crippen LogP contribution in [-0.2, 0) is 14.8 Å². The number of halogens is 1. The number of amides is 1. The maximum atomic E-state index is 13.3. The fourth-order valence-corrected chi connectivity index (χ4v) is 4.99. The van der Waals surface area contributed by atoms with Crippen LogP contribution in [0.4, 0.5) is 4.39 Å². The van der Waals surface area contributed by atoms with E-state index < -0.39 is 10.0 Å². The Morgan fingerprint density at radius 3 is 2.47 bits per heavy atom. The van der Waals surface area contributed by atoms with Crippen LogP contribution in [0, 0.1) is 17.7 Å². The fourth-order valence-electron chi connectivity index (χ4n) is 4.22. The van der Waals surface area contributed by atoms with E-state index in [0.717, 1.165) is 17.4 Å². The summed E-state index contributed by atoms with van der Waals surface area (Å²) < 4.78 is 38.3. The van der Waals surface area contributed by atoms with Crippen molar-refractivity contribution in [3.8, 4) is 11.8 Å². The van der Waals surface area contributed by atoms with Gasteiger partial charge in [-0.15, -0.1) is 0 Å². The summed E-state index contributed by atoms with van der Waals surface area (Å²) in [7, 11) is -3.48. The quantitative estimate of drug-likeness (QED) is 0.745. The van der Waals surface area contributed by atoms with E-state index in [0.29, 0.717) is 5.56 Å². The average Bonchev–Trinajstić information content (AvgIpc) is 2.68. The van der Waals surface area contributed by atoms with Crippen LogP contribution in [0.1, 0.15) is 22.6 Å². The van der Waals surface area contributed by atoms with Gasteiger partial charge in [0.25, 0.3) is 0 Å². The van der Waals surface area contributed by atoms with Crippen molar-refractivity contribution in [3.63, 3.8) is 0 Å². The third-order valence-corrected chi connectivity index (χ3v) is 6.88. The molecule has 2 aliphatic rings. The number of piperazine rings is 1. The SMILES string of the molecule is CS(=O)(=O)N1CC(=O)N2[C@H](CO)[C@@H](c3ccc(C#Cc4cccc(F)c4)cc3)[C@H]2C1. The number of aliphatic hydroxyl groups excluding tert-OH is 1. The highest BCUT2D eigenvalue weighted by molar-refractivity contribution is 7.88. The third-order valence-electron chi connectivity index (χ3n) is 5.66. The lowest BCUT2D eigenvalue weighted by atomic mass is 9.74. The predicted octanol–water partition coefficient (Wildman–Crippen LogP) is 1.16. The summed E-state index contributed by atoms with van der Waals surface area (Å²) in [5, 5.41) is 9.81. The van der Waals surface area contributed by atoms with Crippen molar-refractivity contribution in [3.05, 3.63) is 71.0 Å². The van der Waals surface area contributed by atoms with Gasteiger partial charge >= 0.3 is 0 Å². The molecule has 1 N–H and O–H groups in total. The molecular formula is C22H21FN2O4S. The predicted molar refractivity (Wildman–Crippen MR) is 109 cm³/mol. The summed E-state index contributed by atoms with van der Waals surface area (Å²) in [6.07, 6.45) is 1.10. The maximum absolute atomic E-state index is 13.3. The van der Waals surface area contributed by atoms with Gasteiger partial charge in [-0.2, -0.15) is 4.31 Å². The third kappa shape index (κ3) is 3.84. The Morgan fingerprint density at radius 1 is 1.13 bits per heavy atom. The molecule has 3 atom stereocenters. The van der Waals surface area contributed by atoms with E-state index in [1.54, 1.807) is 17.0 Å². The standard InChI is InChI=1S/C22H21FN2O4S/c1-30(28,29)24-12-19-22(20(14-26)25(19)21(27)13-24)17-9-7-15(8-10-17)5-6-16-3-2-4-18(23)11-16/h2-4,7-11,19-20,22,26H,12-14H2,1H3/t19-,20-,22+/m1/s1. The van der Waals surface area contributed by atoms with Crippen LogP contribution < -0.4 is 0 Å². The number of nitrogens with zero attached hydrogens (tertiary/aromatic N) is 2. The van der Waals surface area contributed by atoms with Gasteiger partial charge in [-0.25, -0.2) is 12.8 Å². The van der Waals surface area contributed by atoms with Crippen LogP contribution in [0.25, 0.3) is 0 Å². The van der Waals surface area contributed by atoms with E-state index in [-0.39, 0.29) is 49.4 Å². The lowest BCUT2D eigenvalue weighted by molar-refractivity contribution is -0.158. The summed E-state index contributed by atoms with van der Waals surface area (Å²) in [6.45, 7) is -0.160. The Hall–Kier alpha value is -2.73. The minimum atomic E-state index is -3.48. The highest BCUT2D eigenvalue weighted by Gasteiger charge is 2.54. The van der Waals surface area contributed by atoms with Crippen LogP contribution in [0.2, 0.25) is 0 Å². The van der Waals surface area contributed by atoms with E-state index in [9.17, 15) is 22.7 Å². The van der Waals surface area contributed by atoms with Crippen LogP contribution in [-0.4, -0.2) is 66.7 Å². The molecule has 30 heavy (non-hydrogen) atoms. The minimum absolute atomic E-state index is 0.159. The number of benzene rings is 2. The zero-order valence-electron chi connectivity index (χ0n) is 16.3. The fraction of sp³-hybridized carbons (Fsp3) is 0.318. The first-order valence-electron chi connectivity index (χ1n) is 9.52. The molecule has 4 rings (SSSR count). The van der Waals surface area contributed by atoms with Gasteiger partial charge < -0.3 is 10.0 Å². The monoisotopic (exact) mass is 428 g/mol. The van der Waals surface area contributed by atoms with Crippen molar-refractivity contribution in [2.45, 2.75) is 18.0 Å². The van der Waals surface area contributed by atoms with Crippen LogP contribution in [0.15, 0.2) is 48.5 Å². The topological polar surface area (TPSA) is 77.9 Å². The van der Waals surface area contributed by atoms with Gasteiger partial charge in [0.05, 0.1) is 31.5 Å². The molecule has 0 saturated carbocycles. The molecule has 2 fully saturated rings. The van der Waals surface area contributed by atoms with E-state index in [2.05, 4.69) is 11.8 Å². The zero-order chi connectivity index (χ0) is 21.5. The van der Waals surface area contributed by atoms with Crippen LogP contribution in [0.3, 0.4) is 0 Å². The van der Waals surface area contributed by atoms with Gasteiger partial charge in [-0.05, 0) is 35.9 Å². The van der Waals surface area contributed by atoms with E-state index in [1.165, 1.54) is 16.4 Å². The molecule has 0 aliphatic carbocycles. The largest absolute Gasteiger partial charge is 0.394 e. The number of hydrogen-bond acceptors (Lipinski definition) is 4. The number of fused-ring (bicyclic) bond motifs is 1. The summed E-state index contributed by atoms with van der Waals surface area (Å²) in [6, 6.07) is 12.8. The molecule has 2 aliphatic heterocycles. The maximum Gasteiger partial charge on any atom is 0.238 e. The van der Waals surface area contributed by atoms with Gasteiger partial charge in [-0.3, -0.25) is 4.79 Å². The number of carbonyl (C=O) groups is 1. The Labute approximate surface area is 175 Å². The summed E-state index contributed by atoms with van der Waals surface area (Å²) >= 11 is 0. The van der Waals surface area contributed by atoms with Crippen molar-refractivity contribution in [2.24, 2.45) is 0 Å². The molecule has 1 amide bonds. The van der Waals surface area contributed by atoms with Gasteiger partial charge in [0.15, 0.2) is 0 Å². The molecular weight excluding hydrogens is 407 g/mol. The highest BCUT2D eigenvalue weighted by Crippen LogP contribution is 2.43. The van der Waals surface area contributed by atoms with E-state index >= 15 is 0 Å². The summed E-state index contributed by atoms with van der Waals surface area (Å²) in [5.74, 6) is 5.12. The van der Waals surface area contributed by atoms with Gasteiger partial charge in [-0.1, -0.05) is 30.0 Å². The van der Waals surface area contributed by atoms with Crippen LogP contribution >= 0.6 is 0 Å². The average molecular weight is 428 g/mol. The Morgan fingerprint density at radius 2 is 1.83 bits per heavy atom. The second-order valence-corrected chi connectivity index (χ2v) is 9.56. The first kappa shape index (κ1) is 20.5. The van der Waals surface area contributed by atoms with Crippen molar-refractivity contribution < 1.29 is 22.7 Å². The van der Waals surface area contributed by atoms with Crippen molar-refractivity contribution in [1.82, 2.24) is 9.21 Å². The summed E-state index contributed by atoms with van der Waals surface area (Å²) in [5.41, 5.74) is 2.24. The number of carbonyl (C=O) groups excluding carboxylic acids is 1. The molecule has 156 valence electrons. The molecule has 0 aromatic heterocycles. The molecule has 0 spiro atoms. The van der Waals surface area contributed by atoms with Crippen molar-refractivity contribution in [2.75, 3.05) is 26.0 Å². The molecule has 2 saturated heterocycles. The number of hydrogen-bond donors (Lipinski definition) is 1. The molecule has 6 nitrogen and oxygen atoms in total. The molecule has 2 aromatic carbocycles. The highest BCUT2D eigenvalue weighted by atomic mass is 32.2.